The quantitative estimate of drug-likeness (QED) is 0.596. The molecule has 106 valence electrons. The van der Waals surface area contributed by atoms with Crippen LogP contribution in [0.1, 0.15) is 5.82 Å². The number of benzene rings is 1. The van der Waals surface area contributed by atoms with Gasteiger partial charge in [-0.3, -0.25) is 9.36 Å². The number of carbonyl (C=O) groups is 1. The van der Waals surface area contributed by atoms with Crippen LogP contribution in [0, 0.1) is 0 Å². The Kier molecular flexibility index (Phi) is 5.14. The highest BCUT2D eigenvalue weighted by atomic mass is 32.2. The Bertz CT molecular complexity index is 571. The van der Waals surface area contributed by atoms with Crippen LogP contribution >= 0.6 is 11.8 Å². The van der Waals surface area contributed by atoms with Crippen molar-refractivity contribution in [3.8, 4) is 5.69 Å². The number of nitrogens with zero attached hydrogens (tertiary/aromatic N) is 3. The Morgan fingerprint density at radius 3 is 2.65 bits per heavy atom. The molecule has 0 amide bonds. The number of rotatable bonds is 6. The number of thioether (sulfide) groups is 1. The zero-order valence-corrected chi connectivity index (χ0v) is 12.1. The Hall–Kier alpha value is -1.86. The number of hydrogen-bond acceptors (Lipinski definition) is 6. The first-order chi connectivity index (χ1) is 9.76. The maximum atomic E-state index is 11.2. The van der Waals surface area contributed by atoms with Gasteiger partial charge in [-0.2, -0.15) is 0 Å². The first-order valence-electron chi connectivity index (χ1n) is 5.94. The molecule has 0 atom stereocenters. The van der Waals surface area contributed by atoms with Gasteiger partial charge in [0.15, 0.2) is 11.0 Å². The van der Waals surface area contributed by atoms with Gasteiger partial charge in [0, 0.05) is 12.8 Å². The average molecular weight is 293 g/mol. The van der Waals surface area contributed by atoms with Crippen molar-refractivity contribution in [1.82, 2.24) is 14.8 Å². The van der Waals surface area contributed by atoms with Gasteiger partial charge in [0.1, 0.15) is 6.61 Å². The number of esters is 1. The fourth-order valence-corrected chi connectivity index (χ4v) is 2.44. The van der Waals surface area contributed by atoms with E-state index in [0.717, 1.165) is 5.69 Å². The molecule has 0 spiro atoms. The Morgan fingerprint density at radius 2 is 2.00 bits per heavy atom. The third-order valence-corrected chi connectivity index (χ3v) is 3.44. The average Bonchev–Trinajstić information content (AvgIpc) is 2.89. The molecule has 6 nitrogen and oxygen atoms in total. The lowest BCUT2D eigenvalue weighted by atomic mass is 10.3. The molecule has 0 bridgehead atoms. The summed E-state index contributed by atoms with van der Waals surface area (Å²) in [4.78, 5) is 11.2. The van der Waals surface area contributed by atoms with Gasteiger partial charge >= 0.3 is 5.97 Å². The number of ether oxygens (including phenoxy) is 2. The maximum absolute atomic E-state index is 11.2. The van der Waals surface area contributed by atoms with Crippen LogP contribution in [0.5, 0.6) is 0 Å². The van der Waals surface area contributed by atoms with Crippen LogP contribution in [-0.2, 0) is 20.9 Å². The smallest absolute Gasteiger partial charge is 0.316 e. The largest absolute Gasteiger partial charge is 0.468 e. The zero-order valence-electron chi connectivity index (χ0n) is 11.3. The van der Waals surface area contributed by atoms with Crippen molar-refractivity contribution in [3.63, 3.8) is 0 Å². The molecule has 0 saturated carbocycles. The second-order valence-electron chi connectivity index (χ2n) is 3.87. The molecule has 0 N–H and O–H groups in total. The molecule has 2 aromatic rings. The molecule has 1 heterocycles. The van der Waals surface area contributed by atoms with Crippen LogP contribution in [0.2, 0.25) is 0 Å². The van der Waals surface area contributed by atoms with Crippen LogP contribution in [0.3, 0.4) is 0 Å². The summed E-state index contributed by atoms with van der Waals surface area (Å²) in [6.45, 7) is 0.348. The molecule has 0 saturated heterocycles. The Labute approximate surface area is 121 Å². The van der Waals surface area contributed by atoms with Gasteiger partial charge in [-0.15, -0.1) is 10.2 Å². The third-order valence-electron chi connectivity index (χ3n) is 2.53. The molecule has 0 aliphatic rings. The maximum Gasteiger partial charge on any atom is 0.316 e. The van der Waals surface area contributed by atoms with Crippen LogP contribution < -0.4 is 0 Å². The molecule has 2 rings (SSSR count). The van der Waals surface area contributed by atoms with Gasteiger partial charge in [-0.25, -0.2) is 0 Å². The monoisotopic (exact) mass is 293 g/mol. The molecule has 0 unspecified atom stereocenters. The second kappa shape index (κ2) is 7.06. The van der Waals surface area contributed by atoms with Gasteiger partial charge in [0.2, 0.25) is 0 Å². The predicted molar refractivity (Wildman–Crippen MR) is 74.8 cm³/mol. The molecule has 1 aromatic heterocycles. The molecular formula is C13H15N3O3S. The first-order valence-corrected chi connectivity index (χ1v) is 6.93. The highest BCUT2D eigenvalue weighted by Gasteiger charge is 2.15. The Balaban J connectivity index is 2.30. The number of para-hydroxylation sites is 1. The molecule has 1 aromatic carbocycles. The van der Waals surface area contributed by atoms with Crippen molar-refractivity contribution in [3.05, 3.63) is 36.2 Å². The van der Waals surface area contributed by atoms with E-state index < -0.39 is 0 Å². The minimum atomic E-state index is -0.300. The van der Waals surface area contributed by atoms with E-state index in [2.05, 4.69) is 14.9 Å². The van der Waals surface area contributed by atoms with Gasteiger partial charge < -0.3 is 9.47 Å². The van der Waals surface area contributed by atoms with E-state index >= 15 is 0 Å². The van der Waals surface area contributed by atoms with Crippen molar-refractivity contribution in [2.75, 3.05) is 20.0 Å². The topological polar surface area (TPSA) is 66.2 Å². The van der Waals surface area contributed by atoms with Gasteiger partial charge in [-0.05, 0) is 12.1 Å². The van der Waals surface area contributed by atoms with E-state index in [4.69, 9.17) is 4.74 Å². The fraction of sp³-hybridized carbons (Fsp3) is 0.308. The van der Waals surface area contributed by atoms with Crippen molar-refractivity contribution in [1.29, 1.82) is 0 Å². The van der Waals surface area contributed by atoms with Gasteiger partial charge in [-0.1, -0.05) is 30.0 Å². The van der Waals surface area contributed by atoms with Gasteiger partial charge in [0.05, 0.1) is 12.9 Å². The van der Waals surface area contributed by atoms with Crippen molar-refractivity contribution < 1.29 is 14.3 Å². The number of methoxy groups -OCH3 is 2. The normalized spacial score (nSPS) is 10.5. The molecule has 0 aliphatic heterocycles. The van der Waals surface area contributed by atoms with E-state index in [1.807, 2.05) is 34.9 Å². The summed E-state index contributed by atoms with van der Waals surface area (Å²) in [6.07, 6.45) is 0. The van der Waals surface area contributed by atoms with Crippen LogP contribution in [0.25, 0.3) is 5.69 Å². The SMILES string of the molecule is COCc1nnc(SCC(=O)OC)n1-c1ccccc1. The lowest BCUT2D eigenvalue weighted by Gasteiger charge is -2.09. The van der Waals surface area contributed by atoms with Crippen molar-refractivity contribution >= 4 is 17.7 Å². The van der Waals surface area contributed by atoms with Crippen LogP contribution in [0.4, 0.5) is 0 Å². The van der Waals surface area contributed by atoms with E-state index in [1.54, 1.807) is 7.11 Å². The number of hydrogen-bond donors (Lipinski definition) is 0. The molecule has 20 heavy (non-hydrogen) atoms. The summed E-state index contributed by atoms with van der Waals surface area (Å²) in [6, 6.07) is 9.70. The van der Waals surface area contributed by atoms with Gasteiger partial charge in [0.25, 0.3) is 0 Å². The molecular weight excluding hydrogens is 278 g/mol. The molecule has 0 fully saturated rings. The van der Waals surface area contributed by atoms with E-state index in [9.17, 15) is 4.79 Å². The van der Waals surface area contributed by atoms with E-state index in [0.29, 0.717) is 17.6 Å². The first kappa shape index (κ1) is 14.5. The second-order valence-corrected chi connectivity index (χ2v) is 4.81. The van der Waals surface area contributed by atoms with Crippen LogP contribution in [-0.4, -0.2) is 40.7 Å². The number of carbonyl (C=O) groups excluding carboxylic acids is 1. The standard InChI is InChI=1S/C13H15N3O3S/c1-18-8-11-14-15-13(20-9-12(17)19-2)16(11)10-6-4-3-5-7-10/h3-7H,8-9H2,1-2H3. The van der Waals surface area contributed by atoms with E-state index in [1.165, 1.54) is 18.9 Å². The minimum Gasteiger partial charge on any atom is -0.468 e. The van der Waals surface area contributed by atoms with E-state index in [-0.39, 0.29) is 11.7 Å². The summed E-state index contributed by atoms with van der Waals surface area (Å²) in [5, 5.41) is 8.84. The molecule has 7 heteroatoms. The third kappa shape index (κ3) is 3.37. The Morgan fingerprint density at radius 1 is 1.25 bits per heavy atom. The fourth-order valence-electron chi connectivity index (χ4n) is 1.64. The summed E-state index contributed by atoms with van der Waals surface area (Å²) in [5.74, 6) is 0.575. The summed E-state index contributed by atoms with van der Waals surface area (Å²) in [7, 11) is 2.96. The van der Waals surface area contributed by atoms with Crippen molar-refractivity contribution in [2.45, 2.75) is 11.8 Å². The summed E-state index contributed by atoms with van der Waals surface area (Å²) >= 11 is 1.28. The lowest BCUT2D eigenvalue weighted by Crippen LogP contribution is -2.07. The van der Waals surface area contributed by atoms with Crippen molar-refractivity contribution in [2.24, 2.45) is 0 Å². The molecule has 0 radical (unpaired) electrons. The lowest BCUT2D eigenvalue weighted by molar-refractivity contribution is -0.137. The minimum absolute atomic E-state index is 0.189. The molecule has 0 aliphatic carbocycles. The van der Waals surface area contributed by atoms with Crippen LogP contribution in [0.15, 0.2) is 35.5 Å². The number of aromatic nitrogens is 3. The summed E-state index contributed by atoms with van der Waals surface area (Å²) < 4.78 is 11.6. The predicted octanol–water partition coefficient (Wildman–Crippen LogP) is 1.68. The highest BCUT2D eigenvalue weighted by molar-refractivity contribution is 7.99. The highest BCUT2D eigenvalue weighted by Crippen LogP contribution is 2.22. The summed E-state index contributed by atoms with van der Waals surface area (Å²) in [5.41, 5.74) is 0.928. The zero-order chi connectivity index (χ0) is 14.4.